The minimum atomic E-state index is 0.687. The van der Waals surface area contributed by atoms with Gasteiger partial charge in [-0.3, -0.25) is 0 Å². The van der Waals surface area contributed by atoms with Crippen molar-refractivity contribution in [1.82, 2.24) is 4.98 Å². The lowest BCUT2D eigenvalue weighted by molar-refractivity contribution is 0.544. The Labute approximate surface area is 97.6 Å². The Bertz CT molecular complexity index is 299. The van der Waals surface area contributed by atoms with Gasteiger partial charge in [-0.25, -0.2) is 10.8 Å². The molecule has 0 saturated carbocycles. The maximum Gasteiger partial charge on any atom is 0.142 e. The fraction of sp³-hybridized carbons (Fsp3) is 0.583. The third-order valence-electron chi connectivity index (χ3n) is 2.41. The van der Waals surface area contributed by atoms with Gasteiger partial charge < -0.3 is 10.7 Å². The third kappa shape index (κ3) is 4.98. The van der Waals surface area contributed by atoms with E-state index < -0.39 is 0 Å². The number of unbranched alkanes of at least 4 members (excludes halogenated alkanes) is 1. The Kier molecular flexibility index (Phi) is 5.64. The summed E-state index contributed by atoms with van der Waals surface area (Å²) in [7, 11) is 0. The number of nitrogen functional groups attached to an aromatic ring is 1. The van der Waals surface area contributed by atoms with E-state index in [1.807, 2.05) is 18.2 Å². The van der Waals surface area contributed by atoms with E-state index in [-0.39, 0.29) is 0 Å². The van der Waals surface area contributed by atoms with Gasteiger partial charge in [-0.15, -0.1) is 0 Å². The van der Waals surface area contributed by atoms with Gasteiger partial charge in [-0.2, -0.15) is 0 Å². The number of hydrogen-bond acceptors (Lipinski definition) is 4. The number of nitrogens with zero attached hydrogens (tertiary/aromatic N) is 1. The second-order valence-corrected chi connectivity index (χ2v) is 4.37. The number of aromatic nitrogens is 1. The molecule has 4 heteroatoms. The van der Waals surface area contributed by atoms with Crippen LogP contribution in [0.5, 0.6) is 0 Å². The SMILES string of the molecule is CC(C)CCCCNc1cccc(NN)n1. The van der Waals surface area contributed by atoms with Crippen molar-refractivity contribution in [3.8, 4) is 0 Å². The van der Waals surface area contributed by atoms with Gasteiger partial charge in [0.25, 0.3) is 0 Å². The molecule has 0 aromatic carbocycles. The Morgan fingerprint density at radius 1 is 1.25 bits per heavy atom. The van der Waals surface area contributed by atoms with E-state index >= 15 is 0 Å². The van der Waals surface area contributed by atoms with Crippen molar-refractivity contribution in [2.45, 2.75) is 33.1 Å². The molecule has 0 aliphatic carbocycles. The number of rotatable bonds is 7. The Morgan fingerprint density at radius 3 is 2.69 bits per heavy atom. The van der Waals surface area contributed by atoms with Crippen molar-refractivity contribution in [1.29, 1.82) is 0 Å². The molecule has 0 aliphatic rings. The summed E-state index contributed by atoms with van der Waals surface area (Å²) in [6.45, 7) is 5.48. The number of anilines is 2. The largest absolute Gasteiger partial charge is 0.370 e. The van der Waals surface area contributed by atoms with Gasteiger partial charge in [0.1, 0.15) is 11.6 Å². The van der Waals surface area contributed by atoms with Gasteiger partial charge in [-0.05, 0) is 24.5 Å². The van der Waals surface area contributed by atoms with Gasteiger partial charge in [0, 0.05) is 6.54 Å². The first-order chi connectivity index (χ1) is 7.72. The molecule has 0 spiro atoms. The highest BCUT2D eigenvalue weighted by Crippen LogP contribution is 2.09. The first kappa shape index (κ1) is 12.8. The molecule has 0 fully saturated rings. The average molecular weight is 222 g/mol. The zero-order chi connectivity index (χ0) is 11.8. The molecule has 90 valence electrons. The summed E-state index contributed by atoms with van der Waals surface area (Å²) >= 11 is 0. The fourth-order valence-electron chi connectivity index (χ4n) is 1.51. The van der Waals surface area contributed by atoms with Crippen LogP contribution in [0.15, 0.2) is 18.2 Å². The van der Waals surface area contributed by atoms with Crippen LogP contribution in [0.1, 0.15) is 33.1 Å². The van der Waals surface area contributed by atoms with E-state index in [1.165, 1.54) is 19.3 Å². The molecular weight excluding hydrogens is 200 g/mol. The lowest BCUT2D eigenvalue weighted by Gasteiger charge is -2.07. The first-order valence-corrected chi connectivity index (χ1v) is 5.90. The molecule has 16 heavy (non-hydrogen) atoms. The van der Waals surface area contributed by atoms with Crippen molar-refractivity contribution in [2.24, 2.45) is 11.8 Å². The standard InChI is InChI=1S/C12H22N4/c1-10(2)6-3-4-9-14-11-7-5-8-12(15-11)16-13/h5,7-8,10H,3-4,6,9,13H2,1-2H3,(H2,14,15,16). The van der Waals surface area contributed by atoms with Gasteiger partial charge in [0.05, 0.1) is 0 Å². The van der Waals surface area contributed by atoms with Gasteiger partial charge in [-0.1, -0.05) is 32.8 Å². The second-order valence-electron chi connectivity index (χ2n) is 4.37. The maximum absolute atomic E-state index is 5.29. The number of pyridine rings is 1. The molecule has 4 N–H and O–H groups in total. The van der Waals surface area contributed by atoms with E-state index in [9.17, 15) is 0 Å². The topological polar surface area (TPSA) is 63.0 Å². The van der Waals surface area contributed by atoms with Crippen LogP contribution < -0.4 is 16.6 Å². The number of hydrazine groups is 1. The van der Waals surface area contributed by atoms with Crippen LogP contribution in [0, 0.1) is 5.92 Å². The summed E-state index contributed by atoms with van der Waals surface area (Å²) in [5.41, 5.74) is 2.53. The van der Waals surface area contributed by atoms with Crippen molar-refractivity contribution < 1.29 is 0 Å². The Hall–Kier alpha value is -1.29. The third-order valence-corrected chi connectivity index (χ3v) is 2.41. The highest BCUT2D eigenvalue weighted by Gasteiger charge is 1.96. The summed E-state index contributed by atoms with van der Waals surface area (Å²) < 4.78 is 0. The van der Waals surface area contributed by atoms with E-state index in [0.29, 0.717) is 5.82 Å². The summed E-state index contributed by atoms with van der Waals surface area (Å²) in [6.07, 6.45) is 3.74. The summed E-state index contributed by atoms with van der Waals surface area (Å²) in [4.78, 5) is 4.28. The maximum atomic E-state index is 5.29. The van der Waals surface area contributed by atoms with E-state index in [2.05, 4.69) is 29.6 Å². The average Bonchev–Trinajstić information content (AvgIpc) is 2.28. The molecule has 0 unspecified atom stereocenters. The molecule has 1 rings (SSSR count). The van der Waals surface area contributed by atoms with Crippen molar-refractivity contribution in [2.75, 3.05) is 17.3 Å². The van der Waals surface area contributed by atoms with E-state index in [4.69, 9.17) is 5.84 Å². The predicted octanol–water partition coefficient (Wildman–Crippen LogP) is 2.61. The Balaban J connectivity index is 2.21. The molecule has 0 amide bonds. The summed E-state index contributed by atoms with van der Waals surface area (Å²) in [6, 6.07) is 5.71. The molecule has 1 aromatic heterocycles. The van der Waals surface area contributed by atoms with Crippen molar-refractivity contribution in [3.63, 3.8) is 0 Å². The van der Waals surface area contributed by atoms with Crippen LogP contribution in [0.2, 0.25) is 0 Å². The molecule has 0 atom stereocenters. The number of nitrogens with two attached hydrogens (primary N) is 1. The van der Waals surface area contributed by atoms with Gasteiger partial charge >= 0.3 is 0 Å². The quantitative estimate of drug-likeness (QED) is 0.377. The molecule has 0 radical (unpaired) electrons. The minimum absolute atomic E-state index is 0.687. The molecule has 1 heterocycles. The summed E-state index contributed by atoms with van der Waals surface area (Å²) in [5, 5.41) is 3.29. The van der Waals surface area contributed by atoms with Crippen LogP contribution in [-0.2, 0) is 0 Å². The highest BCUT2D eigenvalue weighted by molar-refractivity contribution is 5.44. The van der Waals surface area contributed by atoms with Crippen LogP contribution in [-0.4, -0.2) is 11.5 Å². The first-order valence-electron chi connectivity index (χ1n) is 5.90. The molecule has 4 nitrogen and oxygen atoms in total. The lowest BCUT2D eigenvalue weighted by atomic mass is 10.1. The molecule has 0 aliphatic heterocycles. The summed E-state index contributed by atoms with van der Waals surface area (Å²) in [5.74, 6) is 7.64. The molecular formula is C12H22N4. The number of nitrogens with one attached hydrogen (secondary N) is 2. The second kappa shape index (κ2) is 7.06. The van der Waals surface area contributed by atoms with Crippen LogP contribution >= 0.6 is 0 Å². The van der Waals surface area contributed by atoms with Crippen molar-refractivity contribution >= 4 is 11.6 Å². The predicted molar refractivity (Wildman–Crippen MR) is 69.2 cm³/mol. The minimum Gasteiger partial charge on any atom is -0.370 e. The van der Waals surface area contributed by atoms with Crippen molar-refractivity contribution in [3.05, 3.63) is 18.2 Å². The zero-order valence-electron chi connectivity index (χ0n) is 10.2. The smallest absolute Gasteiger partial charge is 0.142 e. The van der Waals surface area contributed by atoms with E-state index in [1.54, 1.807) is 0 Å². The van der Waals surface area contributed by atoms with Crippen LogP contribution in [0.3, 0.4) is 0 Å². The monoisotopic (exact) mass is 222 g/mol. The lowest BCUT2D eigenvalue weighted by Crippen LogP contribution is -2.10. The van der Waals surface area contributed by atoms with Crippen LogP contribution in [0.4, 0.5) is 11.6 Å². The fourth-order valence-corrected chi connectivity index (χ4v) is 1.51. The Morgan fingerprint density at radius 2 is 2.00 bits per heavy atom. The molecule has 0 bridgehead atoms. The molecule has 0 saturated heterocycles. The zero-order valence-corrected chi connectivity index (χ0v) is 10.2. The van der Waals surface area contributed by atoms with E-state index in [0.717, 1.165) is 18.3 Å². The van der Waals surface area contributed by atoms with Gasteiger partial charge in [0.15, 0.2) is 0 Å². The highest BCUT2D eigenvalue weighted by atomic mass is 15.3. The van der Waals surface area contributed by atoms with Crippen LogP contribution in [0.25, 0.3) is 0 Å². The molecule has 1 aromatic rings. The normalized spacial score (nSPS) is 10.5. The number of hydrogen-bond donors (Lipinski definition) is 3. The van der Waals surface area contributed by atoms with Gasteiger partial charge in [0.2, 0.25) is 0 Å².